The number of aliphatic hydroxyl groups excluding tert-OH is 1. The minimum Gasteiger partial charge on any atom is -0.508 e. The first-order valence-electron chi connectivity index (χ1n) is 9.93. The van der Waals surface area contributed by atoms with Gasteiger partial charge in [0.1, 0.15) is 23.0 Å². The second kappa shape index (κ2) is 8.88. The number of phenols is 1. The van der Waals surface area contributed by atoms with Crippen LogP contribution in [-0.2, 0) is 9.59 Å². The van der Waals surface area contributed by atoms with Gasteiger partial charge in [0.05, 0.1) is 31.4 Å². The second-order valence-electron chi connectivity index (χ2n) is 7.31. The van der Waals surface area contributed by atoms with Gasteiger partial charge in [-0.15, -0.1) is 0 Å². The number of carbonyl (C=O) groups excluding carboxylic acids is 2. The molecule has 8 heteroatoms. The summed E-state index contributed by atoms with van der Waals surface area (Å²) in [6, 6.07) is 16.4. The van der Waals surface area contributed by atoms with E-state index in [1.807, 2.05) is 0 Å². The Morgan fingerprint density at radius 3 is 2.39 bits per heavy atom. The molecule has 1 aliphatic heterocycles. The molecule has 33 heavy (non-hydrogen) atoms. The van der Waals surface area contributed by atoms with Crippen molar-refractivity contribution in [2.45, 2.75) is 6.04 Å². The number of hydrogen-bond acceptors (Lipinski definition) is 6. The lowest BCUT2D eigenvalue weighted by molar-refractivity contribution is -0.132. The minimum absolute atomic E-state index is 0.0498. The van der Waals surface area contributed by atoms with E-state index in [0.717, 1.165) is 0 Å². The first-order chi connectivity index (χ1) is 15.8. The highest BCUT2D eigenvalue weighted by atomic mass is 35.5. The first-order valence-corrected chi connectivity index (χ1v) is 10.3. The largest absolute Gasteiger partial charge is 0.508 e. The number of hydrogen-bond donors (Lipinski definition) is 2. The second-order valence-corrected chi connectivity index (χ2v) is 7.75. The number of ketones is 1. The number of Topliss-reactive ketones (excluding diaryl/α,β-unsaturated/α-hetero) is 1. The van der Waals surface area contributed by atoms with Crippen LogP contribution in [0.3, 0.4) is 0 Å². The number of carbonyl (C=O) groups is 2. The van der Waals surface area contributed by atoms with Crippen molar-refractivity contribution >= 4 is 34.7 Å². The van der Waals surface area contributed by atoms with Crippen LogP contribution in [0, 0.1) is 0 Å². The van der Waals surface area contributed by atoms with Gasteiger partial charge in [-0.3, -0.25) is 14.5 Å². The molecule has 0 bridgehead atoms. The van der Waals surface area contributed by atoms with Crippen LogP contribution in [0.4, 0.5) is 5.69 Å². The summed E-state index contributed by atoms with van der Waals surface area (Å²) in [5.74, 6) is -1.42. The molecule has 3 aromatic rings. The average molecular weight is 466 g/mol. The van der Waals surface area contributed by atoms with Crippen LogP contribution in [0.25, 0.3) is 5.76 Å². The van der Waals surface area contributed by atoms with E-state index in [9.17, 15) is 19.8 Å². The Labute approximate surface area is 195 Å². The fourth-order valence-electron chi connectivity index (χ4n) is 3.87. The molecular formula is C25H20ClNO6. The van der Waals surface area contributed by atoms with Gasteiger partial charge in [0.2, 0.25) is 0 Å². The van der Waals surface area contributed by atoms with E-state index < -0.39 is 23.5 Å². The quantitative estimate of drug-likeness (QED) is 0.322. The summed E-state index contributed by atoms with van der Waals surface area (Å²) in [4.78, 5) is 27.6. The number of amides is 1. The summed E-state index contributed by atoms with van der Waals surface area (Å²) >= 11 is 6.14. The predicted molar refractivity (Wildman–Crippen MR) is 124 cm³/mol. The number of anilines is 1. The Balaban J connectivity index is 1.98. The molecule has 3 aromatic carbocycles. The lowest BCUT2D eigenvalue weighted by Gasteiger charge is -2.25. The van der Waals surface area contributed by atoms with Crippen molar-refractivity contribution in [2.24, 2.45) is 0 Å². The fraction of sp³-hybridized carbons (Fsp3) is 0.120. The number of halogens is 1. The Hall–Kier alpha value is -3.97. The van der Waals surface area contributed by atoms with E-state index in [0.29, 0.717) is 22.0 Å². The smallest absolute Gasteiger partial charge is 0.300 e. The average Bonchev–Trinajstić information content (AvgIpc) is 3.08. The minimum atomic E-state index is -1.01. The molecule has 4 rings (SSSR count). The van der Waals surface area contributed by atoms with Crippen molar-refractivity contribution in [3.8, 4) is 17.2 Å². The predicted octanol–water partition coefficient (Wildman–Crippen LogP) is 4.69. The summed E-state index contributed by atoms with van der Waals surface area (Å²) in [5.41, 5.74) is 0.878. The summed E-state index contributed by atoms with van der Waals surface area (Å²) in [5, 5.41) is 21.7. The molecule has 1 atom stereocenters. The SMILES string of the molecule is COc1ccc(/C(O)=C2/C(=O)C(=O)N(c3cccc(Cl)c3)C2c2cccc(O)c2)c(OC)c1. The van der Waals surface area contributed by atoms with Gasteiger partial charge < -0.3 is 19.7 Å². The van der Waals surface area contributed by atoms with E-state index in [1.165, 1.54) is 31.3 Å². The van der Waals surface area contributed by atoms with Crippen molar-refractivity contribution in [3.05, 3.63) is 88.5 Å². The standard InChI is InChI=1S/C25H20ClNO6/c1-32-18-9-10-19(20(13-18)33-2)23(29)21-22(14-5-3-8-17(28)11-14)27(25(31)24(21)30)16-7-4-6-15(26)12-16/h3-13,22,28-29H,1-2H3/b23-21-. The number of aromatic hydroxyl groups is 1. The van der Waals surface area contributed by atoms with Crippen molar-refractivity contribution in [1.82, 2.24) is 0 Å². The Kier molecular flexibility index (Phi) is 5.98. The lowest BCUT2D eigenvalue weighted by atomic mass is 9.94. The third-order valence-electron chi connectivity index (χ3n) is 5.38. The molecule has 0 spiro atoms. The lowest BCUT2D eigenvalue weighted by Crippen LogP contribution is -2.29. The number of methoxy groups -OCH3 is 2. The third-order valence-corrected chi connectivity index (χ3v) is 5.62. The number of phenolic OH excluding ortho intramolecular Hbond substituents is 1. The van der Waals surface area contributed by atoms with Crippen LogP contribution in [-0.4, -0.2) is 36.1 Å². The van der Waals surface area contributed by atoms with Crippen molar-refractivity contribution in [2.75, 3.05) is 19.1 Å². The maximum Gasteiger partial charge on any atom is 0.300 e. The molecule has 1 aliphatic rings. The molecule has 7 nitrogen and oxygen atoms in total. The van der Waals surface area contributed by atoms with E-state index >= 15 is 0 Å². The maximum absolute atomic E-state index is 13.2. The fourth-order valence-corrected chi connectivity index (χ4v) is 4.06. The molecule has 1 amide bonds. The van der Waals surface area contributed by atoms with Gasteiger partial charge in [-0.1, -0.05) is 29.8 Å². The van der Waals surface area contributed by atoms with Gasteiger partial charge in [0.25, 0.3) is 11.7 Å². The number of benzene rings is 3. The molecule has 1 unspecified atom stereocenters. The number of nitrogens with zero attached hydrogens (tertiary/aromatic N) is 1. The summed E-state index contributed by atoms with van der Waals surface area (Å²) in [7, 11) is 2.91. The summed E-state index contributed by atoms with van der Waals surface area (Å²) in [6.45, 7) is 0. The number of aliphatic hydroxyl groups is 1. The van der Waals surface area contributed by atoms with E-state index in [-0.39, 0.29) is 22.6 Å². The molecule has 0 aromatic heterocycles. The summed E-state index contributed by atoms with van der Waals surface area (Å²) < 4.78 is 10.6. The van der Waals surface area contributed by atoms with Crippen molar-refractivity contribution in [1.29, 1.82) is 0 Å². The molecule has 0 saturated carbocycles. The van der Waals surface area contributed by atoms with Gasteiger partial charge in [0, 0.05) is 16.8 Å². The number of rotatable bonds is 5. The molecule has 168 valence electrons. The number of ether oxygens (including phenoxy) is 2. The van der Waals surface area contributed by atoms with E-state index in [4.69, 9.17) is 21.1 Å². The molecule has 1 fully saturated rings. The van der Waals surface area contributed by atoms with Crippen molar-refractivity contribution in [3.63, 3.8) is 0 Å². The monoisotopic (exact) mass is 465 g/mol. The molecular weight excluding hydrogens is 446 g/mol. The van der Waals surface area contributed by atoms with Crippen LogP contribution >= 0.6 is 11.6 Å². The highest BCUT2D eigenvalue weighted by Crippen LogP contribution is 2.44. The van der Waals surface area contributed by atoms with Gasteiger partial charge in [0.15, 0.2) is 0 Å². The van der Waals surface area contributed by atoms with Crippen molar-refractivity contribution < 1.29 is 29.3 Å². The van der Waals surface area contributed by atoms with Crippen LogP contribution in [0.15, 0.2) is 72.3 Å². The summed E-state index contributed by atoms with van der Waals surface area (Å²) in [6.07, 6.45) is 0. The third kappa shape index (κ3) is 3.99. The maximum atomic E-state index is 13.2. The van der Waals surface area contributed by atoms with Gasteiger partial charge in [-0.25, -0.2) is 0 Å². The zero-order valence-electron chi connectivity index (χ0n) is 17.8. The molecule has 2 N–H and O–H groups in total. The first kappa shape index (κ1) is 22.2. The normalized spacial score (nSPS) is 17.3. The van der Waals surface area contributed by atoms with Crippen LogP contribution in [0.2, 0.25) is 5.02 Å². The molecule has 1 heterocycles. The van der Waals surface area contributed by atoms with Gasteiger partial charge in [-0.2, -0.15) is 0 Å². The zero-order chi connectivity index (χ0) is 23.7. The van der Waals surface area contributed by atoms with Crippen LogP contribution in [0.1, 0.15) is 17.2 Å². The molecule has 0 radical (unpaired) electrons. The van der Waals surface area contributed by atoms with Crippen LogP contribution in [0.5, 0.6) is 17.2 Å². The van der Waals surface area contributed by atoms with E-state index in [2.05, 4.69) is 0 Å². The highest BCUT2D eigenvalue weighted by Gasteiger charge is 2.47. The van der Waals surface area contributed by atoms with Crippen LogP contribution < -0.4 is 14.4 Å². The zero-order valence-corrected chi connectivity index (χ0v) is 18.5. The molecule has 0 aliphatic carbocycles. The Morgan fingerprint density at radius 1 is 0.970 bits per heavy atom. The van der Waals surface area contributed by atoms with Gasteiger partial charge in [-0.05, 0) is 48.0 Å². The molecule has 1 saturated heterocycles. The van der Waals surface area contributed by atoms with Gasteiger partial charge >= 0.3 is 0 Å². The Bertz CT molecular complexity index is 1290. The topological polar surface area (TPSA) is 96.3 Å². The highest BCUT2D eigenvalue weighted by molar-refractivity contribution is 6.51. The Morgan fingerprint density at radius 2 is 1.73 bits per heavy atom. The van der Waals surface area contributed by atoms with E-state index in [1.54, 1.807) is 54.6 Å².